The van der Waals surface area contributed by atoms with Gasteiger partial charge in [0.15, 0.2) is 0 Å². The summed E-state index contributed by atoms with van der Waals surface area (Å²) in [6.07, 6.45) is 1.17. The normalized spacial score (nSPS) is 10.8. The fraction of sp³-hybridized carbons (Fsp3) is 0. The third-order valence-corrected chi connectivity index (χ3v) is 1.14. The van der Waals surface area contributed by atoms with Gasteiger partial charge < -0.3 is 5.73 Å². The molecular weight excluding hydrogens is 168 g/mol. The first kappa shape index (κ1) is 9.71. The van der Waals surface area contributed by atoms with Crippen molar-refractivity contribution in [1.29, 1.82) is 0 Å². The zero-order valence-corrected chi connectivity index (χ0v) is 6.47. The molecule has 0 aliphatic carbocycles. The molecule has 0 aromatic rings. The predicted octanol–water partition coefficient (Wildman–Crippen LogP) is 1.37. The molecule has 0 aromatic carbocycles. The molecule has 0 unspecified atom stereocenters. The molecule has 11 heavy (non-hydrogen) atoms. The lowest BCUT2D eigenvalue weighted by atomic mass is 10.4. The van der Waals surface area contributed by atoms with E-state index in [0.29, 0.717) is 0 Å². The molecule has 0 bridgehead atoms. The van der Waals surface area contributed by atoms with Crippen molar-refractivity contribution in [2.24, 2.45) is 5.73 Å². The molecule has 0 amide bonds. The lowest BCUT2D eigenvalue weighted by Crippen LogP contribution is -1.98. The summed E-state index contributed by atoms with van der Waals surface area (Å²) in [5.41, 5.74) is 4.87. The van der Waals surface area contributed by atoms with Crippen molar-refractivity contribution in [2.75, 3.05) is 0 Å². The van der Waals surface area contributed by atoms with E-state index in [4.69, 9.17) is 17.3 Å². The molecule has 0 aliphatic rings. The van der Waals surface area contributed by atoms with Crippen LogP contribution >= 0.6 is 11.6 Å². The Morgan fingerprint density at radius 2 is 2.09 bits per heavy atom. The van der Waals surface area contributed by atoms with Crippen LogP contribution in [0, 0.1) is 10.1 Å². The van der Waals surface area contributed by atoms with Gasteiger partial charge in [-0.05, 0) is 12.7 Å². The highest BCUT2D eigenvalue weighted by molar-refractivity contribution is 6.31. The molecule has 0 fully saturated rings. The fourth-order valence-corrected chi connectivity index (χ4v) is 0.542. The lowest BCUT2D eigenvalue weighted by Gasteiger charge is -1.93. The number of allylic oxidation sites excluding steroid dienone is 2. The maximum atomic E-state index is 10.0. The van der Waals surface area contributed by atoms with E-state index in [1.165, 1.54) is 6.08 Å². The molecule has 60 valence electrons. The topological polar surface area (TPSA) is 69.2 Å². The van der Waals surface area contributed by atoms with Crippen LogP contribution in [0.15, 0.2) is 35.7 Å². The van der Waals surface area contributed by atoms with Crippen molar-refractivity contribution in [3.8, 4) is 0 Å². The summed E-state index contributed by atoms with van der Waals surface area (Å²) in [4.78, 5) is 9.34. The van der Waals surface area contributed by atoms with Crippen molar-refractivity contribution < 1.29 is 4.92 Å². The molecular formula is C6H7ClN2O2. The molecule has 0 radical (unpaired) electrons. The Bertz CT molecular complexity index is 245. The Morgan fingerprint density at radius 3 is 2.36 bits per heavy atom. The second kappa shape index (κ2) is 3.78. The summed E-state index contributed by atoms with van der Waals surface area (Å²) in [7, 11) is 0. The zero-order valence-electron chi connectivity index (χ0n) is 5.71. The number of hydrogen-bond acceptors (Lipinski definition) is 3. The van der Waals surface area contributed by atoms with E-state index in [2.05, 4.69) is 13.2 Å². The average Bonchev–Trinajstić information content (AvgIpc) is 1.84. The second-order valence-corrected chi connectivity index (χ2v) is 2.18. The first-order chi connectivity index (χ1) is 4.95. The SMILES string of the molecule is C=C(N)/C=C(/Cl)C(=C)[N+](=O)[O-]. The molecule has 0 saturated carbocycles. The van der Waals surface area contributed by atoms with Crippen LogP contribution in [0.4, 0.5) is 0 Å². The Kier molecular flexibility index (Phi) is 3.33. The lowest BCUT2D eigenvalue weighted by molar-refractivity contribution is -0.419. The van der Waals surface area contributed by atoms with Crippen molar-refractivity contribution in [1.82, 2.24) is 0 Å². The van der Waals surface area contributed by atoms with Crippen LogP contribution in [-0.2, 0) is 0 Å². The van der Waals surface area contributed by atoms with Gasteiger partial charge in [0, 0.05) is 5.70 Å². The van der Waals surface area contributed by atoms with Gasteiger partial charge in [0.2, 0.25) is 0 Å². The van der Waals surface area contributed by atoms with E-state index in [-0.39, 0.29) is 10.7 Å². The average molecular weight is 175 g/mol. The van der Waals surface area contributed by atoms with Gasteiger partial charge in [0.1, 0.15) is 5.03 Å². The Morgan fingerprint density at radius 1 is 1.64 bits per heavy atom. The van der Waals surface area contributed by atoms with E-state index in [0.717, 1.165) is 0 Å². The fourth-order valence-electron chi connectivity index (χ4n) is 0.333. The predicted molar refractivity (Wildman–Crippen MR) is 43.4 cm³/mol. The van der Waals surface area contributed by atoms with Crippen molar-refractivity contribution in [2.45, 2.75) is 0 Å². The standard InChI is InChI=1S/C6H7ClN2O2/c1-4(8)3-6(7)5(2)9(10)11/h3H,1-2,8H2/b6-3+. The number of rotatable bonds is 3. The maximum Gasteiger partial charge on any atom is 0.280 e. The highest BCUT2D eigenvalue weighted by Gasteiger charge is 2.10. The highest BCUT2D eigenvalue weighted by atomic mass is 35.5. The van der Waals surface area contributed by atoms with Crippen molar-refractivity contribution in [3.05, 3.63) is 45.8 Å². The van der Waals surface area contributed by atoms with Gasteiger partial charge in [-0.3, -0.25) is 10.1 Å². The summed E-state index contributed by atoms with van der Waals surface area (Å²) in [5.74, 6) is 0. The Hall–Kier alpha value is -1.29. The monoisotopic (exact) mass is 174 g/mol. The second-order valence-electron chi connectivity index (χ2n) is 1.77. The van der Waals surface area contributed by atoms with Crippen molar-refractivity contribution in [3.63, 3.8) is 0 Å². The third kappa shape index (κ3) is 3.42. The molecule has 4 nitrogen and oxygen atoms in total. The molecule has 0 heterocycles. The minimum atomic E-state index is -0.693. The molecule has 0 spiro atoms. The smallest absolute Gasteiger partial charge is 0.280 e. The number of nitrogens with two attached hydrogens (primary N) is 1. The Balaban J connectivity index is 4.49. The van der Waals surface area contributed by atoms with E-state index in [1.54, 1.807) is 0 Å². The number of halogens is 1. The van der Waals surface area contributed by atoms with Crippen LogP contribution in [-0.4, -0.2) is 4.92 Å². The van der Waals surface area contributed by atoms with E-state index in [1.807, 2.05) is 0 Å². The van der Waals surface area contributed by atoms with Gasteiger partial charge >= 0.3 is 0 Å². The summed E-state index contributed by atoms with van der Waals surface area (Å²) >= 11 is 5.40. The quantitative estimate of drug-likeness (QED) is 0.399. The molecule has 0 saturated heterocycles. The number of nitrogens with zero attached hydrogens (tertiary/aromatic N) is 1. The zero-order chi connectivity index (χ0) is 9.02. The first-order valence-corrected chi connectivity index (χ1v) is 2.98. The van der Waals surface area contributed by atoms with Crippen LogP contribution in [0.3, 0.4) is 0 Å². The maximum absolute atomic E-state index is 10.0. The number of nitro groups is 1. The van der Waals surface area contributed by atoms with Gasteiger partial charge in [0.05, 0.1) is 4.92 Å². The van der Waals surface area contributed by atoms with Crippen LogP contribution in [0.25, 0.3) is 0 Å². The Labute approximate surface area is 68.8 Å². The summed E-state index contributed by atoms with van der Waals surface area (Å²) in [6, 6.07) is 0. The van der Waals surface area contributed by atoms with Crippen LogP contribution in [0.2, 0.25) is 0 Å². The largest absolute Gasteiger partial charge is 0.399 e. The van der Waals surface area contributed by atoms with Crippen LogP contribution in [0.5, 0.6) is 0 Å². The molecule has 2 N–H and O–H groups in total. The molecule has 0 aliphatic heterocycles. The molecule has 0 rings (SSSR count). The minimum Gasteiger partial charge on any atom is -0.399 e. The van der Waals surface area contributed by atoms with Gasteiger partial charge in [-0.25, -0.2) is 0 Å². The highest BCUT2D eigenvalue weighted by Crippen LogP contribution is 2.13. The van der Waals surface area contributed by atoms with Crippen molar-refractivity contribution >= 4 is 11.6 Å². The number of hydrogen-bond donors (Lipinski definition) is 1. The van der Waals surface area contributed by atoms with E-state index < -0.39 is 10.6 Å². The summed E-state index contributed by atoms with van der Waals surface area (Å²) in [6.45, 7) is 6.40. The minimum absolute atomic E-state index is 0.109. The van der Waals surface area contributed by atoms with Gasteiger partial charge in [-0.2, -0.15) is 0 Å². The molecule has 0 atom stereocenters. The van der Waals surface area contributed by atoms with Gasteiger partial charge in [-0.1, -0.05) is 18.2 Å². The summed E-state index contributed by atoms with van der Waals surface area (Å²) in [5, 5.41) is 9.92. The van der Waals surface area contributed by atoms with Crippen LogP contribution in [0.1, 0.15) is 0 Å². The van der Waals surface area contributed by atoms with Crippen LogP contribution < -0.4 is 5.73 Å². The molecule has 0 aromatic heterocycles. The van der Waals surface area contributed by atoms with E-state index >= 15 is 0 Å². The first-order valence-electron chi connectivity index (χ1n) is 2.60. The van der Waals surface area contributed by atoms with E-state index in [9.17, 15) is 10.1 Å². The third-order valence-electron chi connectivity index (χ3n) is 0.808. The molecule has 5 heteroatoms. The van der Waals surface area contributed by atoms with Gasteiger partial charge in [-0.15, -0.1) is 0 Å². The summed E-state index contributed by atoms with van der Waals surface area (Å²) < 4.78 is 0. The van der Waals surface area contributed by atoms with Gasteiger partial charge in [0.25, 0.3) is 5.70 Å².